The van der Waals surface area contributed by atoms with Crippen LogP contribution in [-0.2, 0) is 24.2 Å². The van der Waals surface area contributed by atoms with Crippen molar-refractivity contribution >= 4 is 39.2 Å². The number of carbonyl (C=O) groups excluding carboxylic acids is 1. The van der Waals surface area contributed by atoms with E-state index in [4.69, 9.17) is 4.74 Å². The molecule has 5 nitrogen and oxygen atoms in total. The van der Waals surface area contributed by atoms with Gasteiger partial charge in [0.15, 0.2) is 0 Å². The van der Waals surface area contributed by atoms with Crippen LogP contribution in [0.2, 0.25) is 0 Å². The average molecular weight is 400 g/mol. The number of nitrogens with zero attached hydrogens (tertiary/aromatic N) is 2. The number of hydrogen-bond donors (Lipinski definition) is 1. The van der Waals surface area contributed by atoms with Crippen molar-refractivity contribution in [1.82, 2.24) is 15.3 Å². The van der Waals surface area contributed by atoms with Crippen LogP contribution in [0.15, 0.2) is 35.6 Å². The Hall–Kier alpha value is -2.12. The topological polar surface area (TPSA) is 64.1 Å². The average Bonchev–Trinajstić information content (AvgIpc) is 3.27. The molecule has 27 heavy (non-hydrogen) atoms. The molecular formula is C20H21N3O2S2. The number of thiophene rings is 1. The van der Waals surface area contributed by atoms with Gasteiger partial charge in [-0.2, -0.15) is 0 Å². The molecule has 1 atom stereocenters. The highest BCUT2D eigenvalue weighted by Gasteiger charge is 2.23. The Bertz CT molecular complexity index is 987. The molecule has 0 fully saturated rings. The Morgan fingerprint density at radius 2 is 2.19 bits per heavy atom. The first kappa shape index (κ1) is 18.3. The number of aryl methyl sites for hydroxylation is 2. The zero-order valence-corrected chi connectivity index (χ0v) is 17.0. The minimum atomic E-state index is -0.241. The number of benzene rings is 1. The van der Waals surface area contributed by atoms with Crippen molar-refractivity contribution in [2.75, 3.05) is 7.11 Å². The van der Waals surface area contributed by atoms with Crippen LogP contribution in [0.5, 0.6) is 5.75 Å². The molecule has 7 heteroatoms. The van der Waals surface area contributed by atoms with E-state index in [-0.39, 0.29) is 11.2 Å². The van der Waals surface area contributed by atoms with Gasteiger partial charge in [-0.05, 0) is 37.8 Å². The summed E-state index contributed by atoms with van der Waals surface area (Å²) in [6.07, 6.45) is 5.03. The first-order chi connectivity index (χ1) is 13.2. The lowest BCUT2D eigenvalue weighted by molar-refractivity contribution is -0.120. The van der Waals surface area contributed by atoms with Gasteiger partial charge in [-0.3, -0.25) is 4.79 Å². The van der Waals surface area contributed by atoms with Crippen LogP contribution >= 0.6 is 23.1 Å². The summed E-state index contributed by atoms with van der Waals surface area (Å²) in [4.78, 5) is 24.0. The first-order valence-electron chi connectivity index (χ1n) is 8.99. The number of carbonyl (C=O) groups is 1. The number of methoxy groups -OCH3 is 1. The molecule has 0 radical (unpaired) electrons. The van der Waals surface area contributed by atoms with E-state index in [1.54, 1.807) is 24.8 Å². The number of para-hydroxylation sites is 1. The number of hydrogen-bond acceptors (Lipinski definition) is 6. The number of fused-ring (bicyclic) bond motifs is 3. The minimum Gasteiger partial charge on any atom is -0.496 e. The molecule has 3 aromatic rings. The van der Waals surface area contributed by atoms with Crippen LogP contribution in [0.4, 0.5) is 0 Å². The van der Waals surface area contributed by atoms with Gasteiger partial charge in [0, 0.05) is 22.4 Å². The first-order valence-corrected chi connectivity index (χ1v) is 10.7. The molecule has 140 valence electrons. The Morgan fingerprint density at radius 1 is 1.33 bits per heavy atom. The number of ether oxygens (including phenoxy) is 1. The van der Waals surface area contributed by atoms with Crippen LogP contribution in [0, 0.1) is 0 Å². The summed E-state index contributed by atoms with van der Waals surface area (Å²) in [5.41, 5.74) is 2.35. The molecule has 1 amide bonds. The lowest BCUT2D eigenvalue weighted by Gasteiger charge is -2.14. The molecule has 1 aliphatic rings. The van der Waals surface area contributed by atoms with Gasteiger partial charge < -0.3 is 10.1 Å². The van der Waals surface area contributed by atoms with E-state index in [9.17, 15) is 4.79 Å². The molecule has 2 heterocycles. The fraction of sp³-hybridized carbons (Fsp3) is 0.350. The van der Waals surface area contributed by atoms with Crippen molar-refractivity contribution in [1.29, 1.82) is 0 Å². The maximum absolute atomic E-state index is 12.6. The Labute approximate surface area is 166 Å². The van der Waals surface area contributed by atoms with Crippen molar-refractivity contribution in [3.8, 4) is 5.75 Å². The van der Waals surface area contributed by atoms with E-state index >= 15 is 0 Å². The molecule has 4 rings (SSSR count). The molecule has 0 unspecified atom stereocenters. The molecular weight excluding hydrogens is 378 g/mol. The quantitative estimate of drug-likeness (QED) is 0.502. The van der Waals surface area contributed by atoms with Gasteiger partial charge in [-0.25, -0.2) is 9.97 Å². The fourth-order valence-electron chi connectivity index (χ4n) is 3.39. The highest BCUT2D eigenvalue weighted by molar-refractivity contribution is 8.00. The Balaban J connectivity index is 1.47. The molecule has 0 saturated carbocycles. The molecule has 0 spiro atoms. The third kappa shape index (κ3) is 3.66. The SMILES string of the molecule is COc1ccccc1CNC(=O)[C@@H](C)Sc1ncnc2sc3c(c12)CCC3. The van der Waals surface area contributed by atoms with Crippen LogP contribution in [0.1, 0.15) is 29.3 Å². The van der Waals surface area contributed by atoms with Gasteiger partial charge in [0.2, 0.25) is 5.91 Å². The largest absolute Gasteiger partial charge is 0.496 e. The second-order valence-electron chi connectivity index (χ2n) is 6.51. The standard InChI is InChI=1S/C20H21N3O2S2/c1-12(18(24)21-10-13-6-3-4-8-15(13)25-2)26-19-17-14-7-5-9-16(14)27-20(17)23-11-22-19/h3-4,6,8,11-12H,5,7,9-10H2,1-2H3,(H,21,24)/t12-/m1/s1. The van der Waals surface area contributed by atoms with E-state index in [2.05, 4.69) is 15.3 Å². The van der Waals surface area contributed by atoms with Crippen LogP contribution in [0.3, 0.4) is 0 Å². The van der Waals surface area contributed by atoms with Gasteiger partial charge in [-0.1, -0.05) is 30.0 Å². The highest BCUT2D eigenvalue weighted by atomic mass is 32.2. The Morgan fingerprint density at radius 3 is 3.04 bits per heavy atom. The van der Waals surface area contributed by atoms with E-state index in [0.717, 1.165) is 39.4 Å². The minimum absolute atomic E-state index is 0.00968. The van der Waals surface area contributed by atoms with Gasteiger partial charge in [0.25, 0.3) is 0 Å². The van der Waals surface area contributed by atoms with Crippen LogP contribution < -0.4 is 10.1 Å². The smallest absolute Gasteiger partial charge is 0.233 e. The second-order valence-corrected chi connectivity index (χ2v) is 8.92. The summed E-state index contributed by atoms with van der Waals surface area (Å²) in [6.45, 7) is 2.36. The van der Waals surface area contributed by atoms with Crippen molar-refractivity contribution in [2.24, 2.45) is 0 Å². The molecule has 1 aliphatic carbocycles. The summed E-state index contributed by atoms with van der Waals surface area (Å²) < 4.78 is 5.34. The second kappa shape index (κ2) is 7.86. The zero-order valence-electron chi connectivity index (χ0n) is 15.3. The van der Waals surface area contributed by atoms with Crippen molar-refractivity contribution in [3.05, 3.63) is 46.6 Å². The van der Waals surface area contributed by atoms with Crippen molar-refractivity contribution in [2.45, 2.75) is 43.0 Å². The summed E-state index contributed by atoms with van der Waals surface area (Å²) in [5, 5.41) is 4.84. The van der Waals surface area contributed by atoms with Gasteiger partial charge in [0.05, 0.1) is 12.4 Å². The van der Waals surface area contributed by atoms with Gasteiger partial charge in [0.1, 0.15) is 21.9 Å². The summed E-state index contributed by atoms with van der Waals surface area (Å²) in [5.74, 6) is 0.772. The number of aromatic nitrogens is 2. The molecule has 0 saturated heterocycles. The fourth-order valence-corrected chi connectivity index (χ4v) is 5.65. The van der Waals surface area contributed by atoms with Crippen molar-refractivity contribution < 1.29 is 9.53 Å². The van der Waals surface area contributed by atoms with Crippen molar-refractivity contribution in [3.63, 3.8) is 0 Å². The zero-order chi connectivity index (χ0) is 18.8. The number of rotatable bonds is 6. The predicted molar refractivity (Wildman–Crippen MR) is 110 cm³/mol. The van der Waals surface area contributed by atoms with Gasteiger partial charge >= 0.3 is 0 Å². The third-order valence-corrected chi connectivity index (χ3v) is 7.07. The third-order valence-electron chi connectivity index (χ3n) is 4.77. The Kier molecular flexibility index (Phi) is 5.31. The normalized spacial score (nSPS) is 14.1. The lowest BCUT2D eigenvalue weighted by Crippen LogP contribution is -2.30. The van der Waals surface area contributed by atoms with E-state index in [1.165, 1.54) is 28.6 Å². The highest BCUT2D eigenvalue weighted by Crippen LogP contribution is 2.40. The molecule has 0 bridgehead atoms. The number of thioether (sulfide) groups is 1. The maximum atomic E-state index is 12.6. The molecule has 1 aromatic carbocycles. The van der Waals surface area contributed by atoms with Gasteiger partial charge in [-0.15, -0.1) is 11.3 Å². The number of amides is 1. The van der Waals surface area contributed by atoms with Crippen LogP contribution in [0.25, 0.3) is 10.2 Å². The van der Waals surface area contributed by atoms with E-state index < -0.39 is 0 Å². The number of nitrogens with one attached hydrogen (secondary N) is 1. The monoisotopic (exact) mass is 399 g/mol. The van der Waals surface area contributed by atoms with Crippen LogP contribution in [-0.4, -0.2) is 28.2 Å². The maximum Gasteiger partial charge on any atom is 0.233 e. The van der Waals surface area contributed by atoms with E-state index in [1.807, 2.05) is 31.2 Å². The summed E-state index contributed by atoms with van der Waals surface area (Å²) in [7, 11) is 1.64. The summed E-state index contributed by atoms with van der Waals surface area (Å²) >= 11 is 3.28. The molecule has 1 N–H and O–H groups in total. The molecule has 0 aliphatic heterocycles. The molecule has 2 aromatic heterocycles. The summed E-state index contributed by atoms with van der Waals surface area (Å²) in [6, 6.07) is 7.72. The van der Waals surface area contributed by atoms with E-state index in [0.29, 0.717) is 6.54 Å². The lowest BCUT2D eigenvalue weighted by atomic mass is 10.2. The predicted octanol–water partition coefficient (Wildman–Crippen LogP) is 3.99.